The van der Waals surface area contributed by atoms with E-state index >= 15 is 0 Å². The molecule has 2 aliphatic carbocycles. The maximum atomic E-state index is 3.80. The van der Waals surface area contributed by atoms with Gasteiger partial charge < -0.3 is 5.32 Å². The van der Waals surface area contributed by atoms with Crippen LogP contribution in [0.2, 0.25) is 0 Å². The summed E-state index contributed by atoms with van der Waals surface area (Å²) < 4.78 is 0. The quantitative estimate of drug-likeness (QED) is 0.660. The number of rotatable bonds is 8. The van der Waals surface area contributed by atoms with Gasteiger partial charge in [0.15, 0.2) is 0 Å². The average molecular weight is 265 g/mol. The molecule has 0 aromatic carbocycles. The van der Waals surface area contributed by atoms with Crippen molar-refractivity contribution < 1.29 is 0 Å². The Morgan fingerprint density at radius 2 is 2.00 bits per heavy atom. The molecule has 112 valence electrons. The molecule has 19 heavy (non-hydrogen) atoms. The zero-order valence-electron chi connectivity index (χ0n) is 13.7. The molecule has 0 saturated heterocycles. The highest BCUT2D eigenvalue weighted by atomic mass is 14.9. The molecule has 0 amide bonds. The van der Waals surface area contributed by atoms with Crippen molar-refractivity contribution in [2.24, 2.45) is 29.1 Å². The maximum absolute atomic E-state index is 3.80. The minimum Gasteiger partial charge on any atom is -0.316 e. The first-order valence-electron chi connectivity index (χ1n) is 8.76. The molecule has 0 heterocycles. The minimum atomic E-state index is 0.659. The van der Waals surface area contributed by atoms with Gasteiger partial charge in [0.25, 0.3) is 0 Å². The third-order valence-electron chi connectivity index (χ3n) is 5.67. The lowest BCUT2D eigenvalue weighted by molar-refractivity contribution is 0.116. The first kappa shape index (κ1) is 15.4. The van der Waals surface area contributed by atoms with E-state index in [0.717, 1.165) is 23.7 Å². The van der Waals surface area contributed by atoms with Crippen LogP contribution in [0.4, 0.5) is 0 Å². The zero-order valence-corrected chi connectivity index (χ0v) is 13.7. The summed E-state index contributed by atoms with van der Waals surface area (Å²) in [5, 5.41) is 3.80. The van der Waals surface area contributed by atoms with E-state index in [1.807, 2.05) is 0 Å². The van der Waals surface area contributed by atoms with E-state index in [1.165, 1.54) is 51.6 Å². The van der Waals surface area contributed by atoms with Crippen molar-refractivity contribution in [2.45, 2.75) is 72.6 Å². The summed E-state index contributed by atoms with van der Waals surface area (Å²) in [6.07, 6.45) is 10.4. The first-order chi connectivity index (χ1) is 9.05. The third-order valence-corrected chi connectivity index (χ3v) is 5.67. The largest absolute Gasteiger partial charge is 0.316 e. The van der Waals surface area contributed by atoms with Crippen molar-refractivity contribution in [2.75, 3.05) is 13.1 Å². The van der Waals surface area contributed by atoms with E-state index in [1.54, 1.807) is 6.42 Å². The van der Waals surface area contributed by atoms with Crippen LogP contribution < -0.4 is 5.32 Å². The lowest BCUT2D eigenvalue weighted by atomic mass is 9.67. The summed E-state index contributed by atoms with van der Waals surface area (Å²) >= 11 is 0. The summed E-state index contributed by atoms with van der Waals surface area (Å²) in [5.41, 5.74) is 0.659. The summed E-state index contributed by atoms with van der Waals surface area (Å²) in [6.45, 7) is 11.9. The molecule has 1 N–H and O–H groups in total. The number of fused-ring (bicyclic) bond motifs is 2. The predicted octanol–water partition coefficient (Wildman–Crippen LogP) is 4.86. The van der Waals surface area contributed by atoms with Crippen LogP contribution in [0.1, 0.15) is 72.6 Å². The normalized spacial score (nSPS) is 35.2. The van der Waals surface area contributed by atoms with Crippen LogP contribution in [-0.2, 0) is 0 Å². The van der Waals surface area contributed by atoms with Crippen molar-refractivity contribution in [3.8, 4) is 0 Å². The van der Waals surface area contributed by atoms with E-state index in [4.69, 9.17) is 0 Å². The molecule has 2 saturated carbocycles. The van der Waals surface area contributed by atoms with Gasteiger partial charge in [-0.1, -0.05) is 47.0 Å². The standard InChI is InChI=1S/C18H35N/c1-5-6-15(4)10-18(13-19-12-14(2)3)11-16-7-8-17(18)9-16/h14-17,19H,5-13H2,1-4H3. The van der Waals surface area contributed by atoms with Gasteiger partial charge in [-0.3, -0.25) is 0 Å². The molecule has 2 rings (SSSR count). The molecule has 4 atom stereocenters. The molecule has 0 aromatic heterocycles. The van der Waals surface area contributed by atoms with Crippen LogP contribution in [0.25, 0.3) is 0 Å². The zero-order chi connectivity index (χ0) is 13.9. The van der Waals surface area contributed by atoms with E-state index in [2.05, 4.69) is 33.0 Å². The molecule has 2 bridgehead atoms. The highest BCUT2D eigenvalue weighted by Gasteiger charge is 2.50. The van der Waals surface area contributed by atoms with Crippen LogP contribution in [-0.4, -0.2) is 13.1 Å². The SMILES string of the molecule is CCCC(C)CC1(CNCC(C)C)CC2CCC1C2. The fourth-order valence-electron chi connectivity index (χ4n) is 5.00. The van der Waals surface area contributed by atoms with Gasteiger partial charge in [0.2, 0.25) is 0 Å². The maximum Gasteiger partial charge on any atom is 0.00108 e. The summed E-state index contributed by atoms with van der Waals surface area (Å²) in [4.78, 5) is 0. The lowest BCUT2D eigenvalue weighted by Crippen LogP contribution is -2.41. The molecule has 2 aliphatic rings. The van der Waals surface area contributed by atoms with Gasteiger partial charge in [-0.2, -0.15) is 0 Å². The predicted molar refractivity (Wildman–Crippen MR) is 84.3 cm³/mol. The van der Waals surface area contributed by atoms with Crippen molar-refractivity contribution in [1.29, 1.82) is 0 Å². The molecule has 1 heteroatoms. The molecular weight excluding hydrogens is 230 g/mol. The van der Waals surface area contributed by atoms with Crippen LogP contribution >= 0.6 is 0 Å². The van der Waals surface area contributed by atoms with Gasteiger partial charge in [-0.05, 0) is 61.3 Å². The summed E-state index contributed by atoms with van der Waals surface area (Å²) in [7, 11) is 0. The third kappa shape index (κ3) is 3.74. The van der Waals surface area contributed by atoms with Crippen molar-refractivity contribution in [1.82, 2.24) is 5.32 Å². The molecular formula is C18H35N. The molecule has 0 aromatic rings. The molecule has 0 radical (unpaired) electrons. The first-order valence-corrected chi connectivity index (χ1v) is 8.76. The van der Waals surface area contributed by atoms with Crippen molar-refractivity contribution in [3.05, 3.63) is 0 Å². The number of nitrogens with one attached hydrogen (secondary N) is 1. The Morgan fingerprint density at radius 1 is 1.21 bits per heavy atom. The van der Waals surface area contributed by atoms with E-state index in [9.17, 15) is 0 Å². The lowest BCUT2D eigenvalue weighted by Gasteiger charge is -2.40. The second-order valence-corrected chi connectivity index (χ2v) is 8.07. The second kappa shape index (κ2) is 6.61. The van der Waals surface area contributed by atoms with Gasteiger partial charge >= 0.3 is 0 Å². The van der Waals surface area contributed by atoms with E-state index in [0.29, 0.717) is 5.41 Å². The van der Waals surface area contributed by atoms with Gasteiger partial charge in [0, 0.05) is 6.54 Å². The highest BCUT2D eigenvalue weighted by molar-refractivity contribution is 5.01. The van der Waals surface area contributed by atoms with Crippen LogP contribution in [0.5, 0.6) is 0 Å². The Kier molecular flexibility index (Phi) is 5.34. The Bertz CT molecular complexity index is 273. The van der Waals surface area contributed by atoms with Crippen LogP contribution in [0.15, 0.2) is 0 Å². The monoisotopic (exact) mass is 265 g/mol. The molecule has 0 aliphatic heterocycles. The summed E-state index contributed by atoms with van der Waals surface area (Å²) in [6, 6.07) is 0. The number of hydrogen-bond acceptors (Lipinski definition) is 1. The molecule has 4 unspecified atom stereocenters. The van der Waals surface area contributed by atoms with Crippen LogP contribution in [0, 0.1) is 29.1 Å². The highest BCUT2D eigenvalue weighted by Crippen LogP contribution is 2.58. The smallest absolute Gasteiger partial charge is 0.00108 e. The fourth-order valence-corrected chi connectivity index (χ4v) is 5.00. The summed E-state index contributed by atoms with van der Waals surface area (Å²) in [5.74, 6) is 3.81. The van der Waals surface area contributed by atoms with E-state index in [-0.39, 0.29) is 0 Å². The molecule has 2 fully saturated rings. The Morgan fingerprint density at radius 3 is 2.53 bits per heavy atom. The Hall–Kier alpha value is -0.0400. The van der Waals surface area contributed by atoms with Gasteiger partial charge in [-0.25, -0.2) is 0 Å². The van der Waals surface area contributed by atoms with Crippen molar-refractivity contribution in [3.63, 3.8) is 0 Å². The Labute approximate surface area is 120 Å². The van der Waals surface area contributed by atoms with E-state index < -0.39 is 0 Å². The second-order valence-electron chi connectivity index (χ2n) is 8.07. The average Bonchev–Trinajstić information content (AvgIpc) is 2.89. The van der Waals surface area contributed by atoms with Crippen molar-refractivity contribution >= 4 is 0 Å². The van der Waals surface area contributed by atoms with Gasteiger partial charge in [0.1, 0.15) is 0 Å². The molecule has 1 nitrogen and oxygen atoms in total. The Balaban J connectivity index is 1.93. The fraction of sp³-hybridized carbons (Fsp3) is 1.00. The van der Waals surface area contributed by atoms with Crippen LogP contribution in [0.3, 0.4) is 0 Å². The van der Waals surface area contributed by atoms with Gasteiger partial charge in [0.05, 0.1) is 0 Å². The topological polar surface area (TPSA) is 12.0 Å². The van der Waals surface area contributed by atoms with Gasteiger partial charge in [-0.15, -0.1) is 0 Å². The molecule has 0 spiro atoms. The number of hydrogen-bond donors (Lipinski definition) is 1. The minimum absolute atomic E-state index is 0.659.